The highest BCUT2D eigenvalue weighted by atomic mass is 127. The molecule has 114 valence electrons. The van der Waals surface area contributed by atoms with E-state index in [1.54, 1.807) is 4.88 Å². The molecule has 0 saturated heterocycles. The molecule has 0 fully saturated rings. The van der Waals surface area contributed by atoms with Crippen LogP contribution in [0.2, 0.25) is 0 Å². The number of rotatable bonds is 4. The van der Waals surface area contributed by atoms with Gasteiger partial charge in [-0.2, -0.15) is 0 Å². The van der Waals surface area contributed by atoms with E-state index in [9.17, 15) is 0 Å². The molecule has 0 amide bonds. The van der Waals surface area contributed by atoms with Crippen LogP contribution in [0.25, 0.3) is 0 Å². The van der Waals surface area contributed by atoms with E-state index in [2.05, 4.69) is 45.8 Å². The topological polar surface area (TPSA) is 39.7 Å². The van der Waals surface area contributed by atoms with E-state index in [-0.39, 0.29) is 24.0 Å². The molecule has 1 aliphatic heterocycles. The number of nitrogens with zero attached hydrogens (tertiary/aromatic N) is 2. The second kappa shape index (κ2) is 8.84. The second-order valence-corrected chi connectivity index (χ2v) is 6.19. The van der Waals surface area contributed by atoms with Crippen LogP contribution in [0.1, 0.15) is 24.3 Å². The van der Waals surface area contributed by atoms with Gasteiger partial charge in [0.05, 0.1) is 0 Å². The summed E-state index contributed by atoms with van der Waals surface area (Å²) in [7, 11) is 1.82. The molecule has 2 heterocycles. The average molecular weight is 408 g/mol. The molecule has 0 spiro atoms. The zero-order chi connectivity index (χ0) is 13.7. The van der Waals surface area contributed by atoms with Gasteiger partial charge in [-0.25, -0.2) is 0 Å². The fraction of sp³-hybridized carbons (Fsp3) is 0.643. The molecule has 6 heteroatoms. The normalized spacial score (nSPS) is 15.7. The molecule has 0 aromatic carbocycles. The van der Waals surface area contributed by atoms with E-state index >= 15 is 0 Å². The summed E-state index contributed by atoms with van der Waals surface area (Å²) in [6, 6.07) is 2.67. The van der Waals surface area contributed by atoms with E-state index in [4.69, 9.17) is 0 Å². The van der Waals surface area contributed by atoms with Crippen molar-refractivity contribution in [2.24, 2.45) is 4.99 Å². The van der Waals surface area contributed by atoms with Crippen LogP contribution in [-0.2, 0) is 13.0 Å². The molecule has 2 rings (SSSR count). The van der Waals surface area contributed by atoms with Crippen LogP contribution in [0.5, 0.6) is 0 Å². The van der Waals surface area contributed by atoms with E-state index < -0.39 is 0 Å². The summed E-state index contributed by atoms with van der Waals surface area (Å²) >= 11 is 1.90. The number of thiophene rings is 1. The number of halogens is 1. The Morgan fingerprint density at radius 1 is 1.50 bits per heavy atom. The first-order chi connectivity index (χ1) is 9.19. The Morgan fingerprint density at radius 3 is 3.00 bits per heavy atom. The fourth-order valence-electron chi connectivity index (χ4n) is 2.30. The average Bonchev–Trinajstić information content (AvgIpc) is 2.84. The second-order valence-electron chi connectivity index (χ2n) is 5.19. The first-order valence-corrected chi connectivity index (χ1v) is 7.82. The fourth-order valence-corrected chi connectivity index (χ4v) is 3.19. The summed E-state index contributed by atoms with van der Waals surface area (Å²) in [5.41, 5.74) is 1.51. The van der Waals surface area contributed by atoms with Crippen molar-refractivity contribution in [2.45, 2.75) is 32.9 Å². The van der Waals surface area contributed by atoms with Crippen LogP contribution < -0.4 is 10.6 Å². The first-order valence-electron chi connectivity index (χ1n) is 6.94. The number of hydrogen-bond acceptors (Lipinski definition) is 3. The molecule has 2 N–H and O–H groups in total. The summed E-state index contributed by atoms with van der Waals surface area (Å²) in [6.07, 6.45) is 1.20. The lowest BCUT2D eigenvalue weighted by molar-refractivity contribution is 0.260. The molecule has 4 nitrogen and oxygen atoms in total. The van der Waals surface area contributed by atoms with Crippen molar-refractivity contribution in [3.63, 3.8) is 0 Å². The lowest BCUT2D eigenvalue weighted by atomic mass is 10.1. The van der Waals surface area contributed by atoms with Gasteiger partial charge in [0.25, 0.3) is 0 Å². The third kappa shape index (κ3) is 5.21. The number of hydrogen-bond donors (Lipinski definition) is 2. The molecule has 0 atom stereocenters. The highest BCUT2D eigenvalue weighted by molar-refractivity contribution is 14.0. The van der Waals surface area contributed by atoms with Crippen LogP contribution in [-0.4, -0.2) is 43.6 Å². The predicted octanol–water partition coefficient (Wildman–Crippen LogP) is 2.30. The van der Waals surface area contributed by atoms with Gasteiger partial charge in [0.2, 0.25) is 0 Å². The largest absolute Gasteiger partial charge is 0.355 e. The highest BCUT2D eigenvalue weighted by Gasteiger charge is 2.16. The SMILES string of the molecule is CN=C(NCCN1CCc2sccc2C1)NC(C)C.I. The van der Waals surface area contributed by atoms with Crippen molar-refractivity contribution in [2.75, 3.05) is 26.7 Å². The standard InChI is InChI=1S/C14H24N4S.HI/c1-11(2)17-14(15-3)16-6-8-18-7-4-13-12(10-18)5-9-19-13;/h5,9,11H,4,6-8,10H2,1-3H3,(H2,15,16,17);1H. The zero-order valence-electron chi connectivity index (χ0n) is 12.5. The van der Waals surface area contributed by atoms with Crippen molar-refractivity contribution >= 4 is 41.3 Å². The van der Waals surface area contributed by atoms with Crippen molar-refractivity contribution in [1.29, 1.82) is 0 Å². The van der Waals surface area contributed by atoms with Gasteiger partial charge in [-0.15, -0.1) is 35.3 Å². The van der Waals surface area contributed by atoms with Crippen molar-refractivity contribution in [3.05, 3.63) is 21.9 Å². The third-order valence-electron chi connectivity index (χ3n) is 3.26. The maximum absolute atomic E-state index is 4.22. The van der Waals surface area contributed by atoms with Crippen LogP contribution in [0.4, 0.5) is 0 Å². The number of guanidine groups is 1. The highest BCUT2D eigenvalue weighted by Crippen LogP contribution is 2.23. The van der Waals surface area contributed by atoms with Crippen LogP contribution in [0, 0.1) is 0 Å². The van der Waals surface area contributed by atoms with Crippen LogP contribution >= 0.6 is 35.3 Å². The zero-order valence-corrected chi connectivity index (χ0v) is 15.6. The molecule has 0 bridgehead atoms. The third-order valence-corrected chi connectivity index (χ3v) is 4.28. The maximum Gasteiger partial charge on any atom is 0.191 e. The molecular weight excluding hydrogens is 383 g/mol. The summed E-state index contributed by atoms with van der Waals surface area (Å²) < 4.78 is 0. The van der Waals surface area contributed by atoms with Crippen molar-refractivity contribution < 1.29 is 0 Å². The summed E-state index contributed by atoms with van der Waals surface area (Å²) in [5.74, 6) is 0.892. The van der Waals surface area contributed by atoms with Gasteiger partial charge in [0.1, 0.15) is 0 Å². The Hall–Kier alpha value is -0.340. The van der Waals surface area contributed by atoms with E-state index in [0.717, 1.165) is 25.6 Å². The van der Waals surface area contributed by atoms with Gasteiger partial charge in [-0.3, -0.25) is 9.89 Å². The van der Waals surface area contributed by atoms with E-state index in [1.165, 1.54) is 18.5 Å². The Kier molecular flexibility index (Phi) is 7.83. The van der Waals surface area contributed by atoms with Crippen LogP contribution in [0.15, 0.2) is 16.4 Å². The maximum atomic E-state index is 4.22. The first kappa shape index (κ1) is 17.7. The molecule has 0 saturated carbocycles. The molecule has 0 radical (unpaired) electrons. The smallest absolute Gasteiger partial charge is 0.191 e. The monoisotopic (exact) mass is 408 g/mol. The summed E-state index contributed by atoms with van der Waals surface area (Å²) in [4.78, 5) is 8.29. The Morgan fingerprint density at radius 2 is 2.30 bits per heavy atom. The minimum atomic E-state index is 0. The van der Waals surface area contributed by atoms with Crippen molar-refractivity contribution in [1.82, 2.24) is 15.5 Å². The van der Waals surface area contributed by atoms with Crippen molar-refractivity contribution in [3.8, 4) is 0 Å². The lowest BCUT2D eigenvalue weighted by Crippen LogP contribution is -2.44. The molecule has 0 unspecified atom stereocenters. The van der Waals surface area contributed by atoms with Gasteiger partial charge in [0.15, 0.2) is 5.96 Å². The molecule has 1 aliphatic rings. The Bertz CT molecular complexity index is 431. The summed E-state index contributed by atoms with van der Waals surface area (Å²) in [5, 5.41) is 8.88. The summed E-state index contributed by atoms with van der Waals surface area (Å²) in [6.45, 7) is 8.51. The van der Waals surface area contributed by atoms with E-state index in [1.807, 2.05) is 18.4 Å². The number of nitrogens with one attached hydrogen (secondary N) is 2. The van der Waals surface area contributed by atoms with Gasteiger partial charge >= 0.3 is 0 Å². The molecular formula is C14H25IN4S. The van der Waals surface area contributed by atoms with Gasteiger partial charge in [-0.05, 0) is 37.3 Å². The quantitative estimate of drug-likeness (QED) is 0.456. The van der Waals surface area contributed by atoms with Crippen LogP contribution in [0.3, 0.4) is 0 Å². The van der Waals surface area contributed by atoms with Gasteiger partial charge < -0.3 is 10.6 Å². The molecule has 1 aromatic rings. The Balaban J connectivity index is 0.00000200. The molecule has 0 aliphatic carbocycles. The predicted molar refractivity (Wildman–Crippen MR) is 98.3 cm³/mol. The minimum Gasteiger partial charge on any atom is -0.355 e. The molecule has 1 aromatic heterocycles. The minimum absolute atomic E-state index is 0. The Labute approximate surface area is 143 Å². The number of aliphatic imine (C=N–C) groups is 1. The lowest BCUT2D eigenvalue weighted by Gasteiger charge is -2.27. The number of fused-ring (bicyclic) bond motifs is 1. The van der Waals surface area contributed by atoms with Gasteiger partial charge in [-0.1, -0.05) is 0 Å². The van der Waals surface area contributed by atoms with Gasteiger partial charge in [0, 0.05) is 44.1 Å². The molecule has 20 heavy (non-hydrogen) atoms. The van der Waals surface area contributed by atoms with E-state index in [0.29, 0.717) is 6.04 Å².